The Morgan fingerprint density at radius 3 is 1.10 bits per heavy atom. The van der Waals surface area contributed by atoms with E-state index in [0.29, 0.717) is 0 Å². The molecular weight excluding hydrogens is 1800 g/mol. The number of piperidine rings is 1. The molecule has 1 aromatic heterocycles. The molecule has 650 valence electrons. The first kappa shape index (κ1) is 96.6. The van der Waals surface area contributed by atoms with Crippen LogP contribution in [0.3, 0.4) is 0 Å². The van der Waals surface area contributed by atoms with Crippen molar-refractivity contribution in [1.29, 1.82) is 0 Å². The number of anilines is 5. The number of aryl methyl sites for hydroxylation is 1. The van der Waals surface area contributed by atoms with Crippen LogP contribution in [0.2, 0.25) is 25.1 Å². The van der Waals surface area contributed by atoms with Gasteiger partial charge in [0.05, 0.1) is 80.7 Å². The van der Waals surface area contributed by atoms with E-state index < -0.39 is 151 Å². The van der Waals surface area contributed by atoms with E-state index in [1.807, 2.05) is 0 Å². The Kier molecular flexibility index (Phi) is 34.3. The van der Waals surface area contributed by atoms with E-state index >= 15 is 0 Å². The maximum atomic E-state index is 13.5. The molecule has 5 aliphatic heterocycles. The van der Waals surface area contributed by atoms with Crippen LogP contribution in [-0.4, -0.2) is 237 Å². The molecule has 5 aliphatic rings. The molecule has 6 aromatic carbocycles. The number of aromatic nitrogens is 2. The number of morpholine rings is 4. The third-order valence-electron chi connectivity index (χ3n) is 17.5. The molecule has 0 saturated carbocycles. The molecular formula is C70H75Cl5F8N12O19S5. The Morgan fingerprint density at radius 2 is 0.773 bits per heavy atom. The van der Waals surface area contributed by atoms with E-state index in [4.69, 9.17) is 77.0 Å². The maximum absolute atomic E-state index is 13.5. The Balaban J connectivity index is 0.000000186. The fourth-order valence-corrected chi connectivity index (χ4v) is 17.6. The summed E-state index contributed by atoms with van der Waals surface area (Å²) >= 11 is 27.8. The first-order valence-electron chi connectivity index (χ1n) is 35.1. The van der Waals surface area contributed by atoms with E-state index in [2.05, 4.69) is 31.6 Å². The van der Waals surface area contributed by atoms with Gasteiger partial charge in [0, 0.05) is 107 Å². The Bertz CT molecular complexity index is 5420. The van der Waals surface area contributed by atoms with E-state index in [1.165, 1.54) is 110 Å². The van der Waals surface area contributed by atoms with Crippen LogP contribution in [0.1, 0.15) is 19.8 Å². The minimum Gasteiger partial charge on any atom is -0.366 e. The molecule has 5 atom stereocenters. The molecule has 0 bridgehead atoms. The lowest BCUT2D eigenvalue weighted by Crippen LogP contribution is -2.50. The largest absolute Gasteiger partial charge is 0.511 e. The highest BCUT2D eigenvalue weighted by Gasteiger charge is 2.51. The van der Waals surface area contributed by atoms with Gasteiger partial charge in [-0.15, -0.1) is 0 Å². The van der Waals surface area contributed by atoms with Gasteiger partial charge in [-0.05, 0) is 123 Å². The molecule has 0 spiro atoms. The smallest absolute Gasteiger partial charge is 0.366 e. The summed E-state index contributed by atoms with van der Waals surface area (Å²) in [6, 6.07) is 26.9. The van der Waals surface area contributed by atoms with Crippen molar-refractivity contribution in [3.8, 4) is 0 Å². The number of carbonyl (C=O) groups is 5. The number of ether oxygens (including phenoxy) is 4. The average molecular weight is 1880 g/mol. The van der Waals surface area contributed by atoms with Crippen LogP contribution in [0.25, 0.3) is 0 Å². The van der Waals surface area contributed by atoms with Gasteiger partial charge in [0.15, 0.2) is 5.03 Å². The van der Waals surface area contributed by atoms with Crippen molar-refractivity contribution >= 4 is 166 Å². The third kappa shape index (κ3) is 27.1. The van der Waals surface area contributed by atoms with Crippen molar-refractivity contribution in [2.45, 2.75) is 59.6 Å². The van der Waals surface area contributed by atoms with Crippen molar-refractivity contribution in [3.63, 3.8) is 0 Å². The number of hydrogen-bond donors (Lipinski definition) is 5. The van der Waals surface area contributed by atoms with Crippen LogP contribution in [0.4, 0.5) is 63.6 Å². The highest BCUT2D eigenvalue weighted by Crippen LogP contribution is 2.33. The molecule has 5 amide bonds. The SMILES string of the molecule is CCS(=O)(=O)N1CCOC(C(=O)Nc2ccc(Cl)c(F)c2)C1.CS(=O)(=O)N1CCOC(C(=O)Nc2ccc(Cl)c(F)c2)C1.Cn1cnc(S(=O)(=O)N2CCOC(C(=O)Nc3ccc(Cl)c(F)c3)C2)c1.O=C(Nc1ccc(Cl)c(F)c1)C1CN(S(=O)(=O)c2ccccc2)CCO1.O=C(Nc1ccc(Cl)c(F)c1)[C@H]1CCCN(S(=O)(=O)C(F)(F)F)C1. The van der Waals surface area contributed by atoms with Crippen molar-refractivity contribution in [2.24, 2.45) is 13.0 Å². The quantitative estimate of drug-likeness (QED) is 0.0499. The number of benzene rings is 6. The molecule has 7 aromatic rings. The summed E-state index contributed by atoms with van der Waals surface area (Å²) in [6.45, 7) is 1.31. The summed E-state index contributed by atoms with van der Waals surface area (Å²) in [5, 5.41) is 11.8. The maximum Gasteiger partial charge on any atom is 0.511 e. The number of hydrogen-bond acceptors (Lipinski definition) is 20. The van der Waals surface area contributed by atoms with Gasteiger partial charge in [0.2, 0.25) is 36.0 Å². The number of halogens is 13. The average Bonchev–Trinajstić information content (AvgIpc) is 1.50. The van der Waals surface area contributed by atoms with Crippen LogP contribution >= 0.6 is 58.0 Å². The zero-order valence-electron chi connectivity index (χ0n) is 62.5. The van der Waals surface area contributed by atoms with E-state index in [-0.39, 0.29) is 172 Å². The molecule has 5 fully saturated rings. The first-order chi connectivity index (χ1) is 55.8. The fraction of sp³-hybridized carbons (Fsp3) is 0.371. The zero-order chi connectivity index (χ0) is 87.7. The Hall–Kier alpha value is -7.84. The van der Waals surface area contributed by atoms with E-state index in [9.17, 15) is 101 Å². The second-order valence-corrected chi connectivity index (χ2v) is 38.0. The normalized spacial score (nSPS) is 19.4. The summed E-state index contributed by atoms with van der Waals surface area (Å²) in [6.07, 6.45) is 0.280. The predicted molar refractivity (Wildman–Crippen MR) is 423 cm³/mol. The minimum absolute atomic E-state index is 0.0380. The molecule has 4 unspecified atom stereocenters. The fourth-order valence-electron chi connectivity index (χ4n) is 11.2. The molecule has 6 heterocycles. The molecule has 12 rings (SSSR count). The van der Waals surface area contributed by atoms with E-state index in [0.717, 1.165) is 40.9 Å². The van der Waals surface area contributed by atoms with Crippen molar-refractivity contribution in [1.82, 2.24) is 31.1 Å². The van der Waals surface area contributed by atoms with Gasteiger partial charge in [-0.1, -0.05) is 76.2 Å². The van der Waals surface area contributed by atoms with Gasteiger partial charge in [0.25, 0.3) is 33.7 Å². The number of rotatable bonds is 18. The molecule has 5 N–H and O–H groups in total. The Labute approximate surface area is 703 Å². The summed E-state index contributed by atoms with van der Waals surface area (Å²) in [5.74, 6) is -7.29. The number of imidazole rings is 1. The highest BCUT2D eigenvalue weighted by molar-refractivity contribution is 7.90. The predicted octanol–water partition coefficient (Wildman–Crippen LogP) is 9.27. The number of sulfonamides is 5. The number of nitrogens with one attached hydrogen (secondary N) is 5. The molecule has 31 nitrogen and oxygen atoms in total. The lowest BCUT2D eigenvalue weighted by atomic mass is 9.99. The van der Waals surface area contributed by atoms with Gasteiger partial charge in [0.1, 0.15) is 53.5 Å². The third-order valence-corrected chi connectivity index (χ3v) is 27.4. The monoisotopic (exact) mass is 1870 g/mol. The van der Waals surface area contributed by atoms with E-state index in [1.54, 1.807) is 25.2 Å². The van der Waals surface area contributed by atoms with Gasteiger partial charge in [-0.3, -0.25) is 24.0 Å². The Morgan fingerprint density at radius 1 is 0.445 bits per heavy atom. The van der Waals surface area contributed by atoms with Crippen molar-refractivity contribution in [2.75, 3.05) is 130 Å². The standard InChI is InChI=1S/C17H16ClFN2O4S.C15H16ClFN4O4S.C13H13ClF4N2O3S.C13H16ClFN2O4S.C12H14ClFN2O4S/c18-14-7-6-12(10-15(14)19)20-17(22)16-11-21(8-9-25-16)26(23,24)13-4-2-1-3-5-13;1-20-8-14(18-9-20)26(23,24)21-4-5-25-13(7-21)15(22)19-10-2-3-11(16)12(17)6-10;14-10-4-3-9(6-11(10)15)19-12(21)8-2-1-5-20(7-8)24(22,23)13(16,17)18;1-2-22(19,20)17-5-6-21-12(8-17)13(18)16-9-3-4-10(14)11(15)7-9;1-21(18,19)16-4-5-20-11(7-16)12(17)15-8-2-3-9(13)10(14)6-8/h1-7,10,16H,8-9,11H2,(H,20,22);2-3,6,8-9,13H,4-5,7H2,1H3,(H,19,22);3-4,6,8H,1-2,5,7H2,(H,19,21);3-4,7,12H,2,5-6,8H2,1H3,(H,16,18);2-3,6,11H,4-5,7H2,1H3,(H,15,17)/t;;8-;;/m..0../s1. The van der Waals surface area contributed by atoms with Gasteiger partial charge < -0.3 is 50.1 Å². The van der Waals surface area contributed by atoms with Crippen molar-refractivity contribution in [3.05, 3.63) is 188 Å². The van der Waals surface area contributed by atoms with Gasteiger partial charge >= 0.3 is 15.5 Å². The van der Waals surface area contributed by atoms with Gasteiger partial charge in [-0.2, -0.15) is 34.7 Å². The van der Waals surface area contributed by atoms with Crippen LogP contribution in [0, 0.1) is 35.0 Å². The molecule has 5 saturated heterocycles. The lowest BCUT2D eigenvalue weighted by molar-refractivity contribution is -0.131. The van der Waals surface area contributed by atoms with Crippen LogP contribution in [0.15, 0.2) is 144 Å². The van der Waals surface area contributed by atoms with Gasteiger partial charge in [-0.25, -0.2) is 69.0 Å². The molecule has 49 heteroatoms. The second kappa shape index (κ2) is 42.3. The van der Waals surface area contributed by atoms with Crippen LogP contribution < -0.4 is 26.6 Å². The zero-order valence-corrected chi connectivity index (χ0v) is 70.3. The lowest BCUT2D eigenvalue weighted by Gasteiger charge is -2.31. The molecule has 119 heavy (non-hydrogen) atoms. The van der Waals surface area contributed by atoms with Crippen LogP contribution in [0.5, 0.6) is 0 Å². The first-order valence-corrected chi connectivity index (χ1v) is 44.7. The summed E-state index contributed by atoms with van der Waals surface area (Å²) in [4.78, 5) is 65.0. The second-order valence-electron chi connectivity index (χ2n) is 26.0. The number of alkyl halides is 3. The number of carbonyl (C=O) groups excluding carboxylic acids is 5. The number of amides is 5. The van der Waals surface area contributed by atoms with Crippen LogP contribution in [-0.2, 0) is 100 Å². The van der Waals surface area contributed by atoms with Crippen molar-refractivity contribution < 1.29 is 120 Å². The highest BCUT2D eigenvalue weighted by atomic mass is 35.5. The molecule has 0 radical (unpaired) electrons. The summed E-state index contributed by atoms with van der Waals surface area (Å²) in [7, 11) is -18.1. The minimum atomic E-state index is -5.48. The number of nitrogens with zero attached hydrogens (tertiary/aromatic N) is 7. The molecule has 0 aliphatic carbocycles. The summed E-state index contributed by atoms with van der Waals surface area (Å²) in [5.41, 5.74) is -4.47. The summed E-state index contributed by atoms with van der Waals surface area (Å²) < 4.78 is 253. The topological polar surface area (TPSA) is 387 Å².